The van der Waals surface area contributed by atoms with Crippen molar-refractivity contribution in [1.82, 2.24) is 19.3 Å². The van der Waals surface area contributed by atoms with Gasteiger partial charge >= 0.3 is 0 Å². The van der Waals surface area contributed by atoms with Crippen LogP contribution in [0.15, 0.2) is 47.4 Å². The number of nitrogens with zero attached hydrogens (tertiary/aromatic N) is 5. The zero-order valence-electron chi connectivity index (χ0n) is 17.3. The molecule has 8 nitrogen and oxygen atoms in total. The highest BCUT2D eigenvalue weighted by Gasteiger charge is 2.29. The topological polar surface area (TPSA) is 88.4 Å². The highest BCUT2D eigenvalue weighted by Crippen LogP contribution is 2.28. The van der Waals surface area contributed by atoms with Crippen LogP contribution in [-0.4, -0.2) is 53.8 Å². The van der Waals surface area contributed by atoms with E-state index < -0.39 is 10.0 Å². The third kappa shape index (κ3) is 3.48. The van der Waals surface area contributed by atoms with E-state index in [1.54, 1.807) is 21.7 Å². The number of hydrogen-bond donors (Lipinski definition) is 0. The predicted molar refractivity (Wildman–Crippen MR) is 115 cm³/mol. The van der Waals surface area contributed by atoms with Gasteiger partial charge in [0.25, 0.3) is 0 Å². The zero-order valence-corrected chi connectivity index (χ0v) is 18.1. The Morgan fingerprint density at radius 1 is 1.23 bits per heavy atom. The number of benzene rings is 2. The zero-order chi connectivity index (χ0) is 21.5. The van der Waals surface area contributed by atoms with E-state index >= 15 is 0 Å². The molecule has 0 saturated heterocycles. The molecule has 1 amide bonds. The summed E-state index contributed by atoms with van der Waals surface area (Å²) < 4.78 is 29.0. The Hall–Kier alpha value is -2.78. The lowest BCUT2D eigenvalue weighted by molar-refractivity contribution is -0.118. The number of rotatable bonds is 6. The van der Waals surface area contributed by atoms with Gasteiger partial charge in [-0.1, -0.05) is 30.3 Å². The first-order chi connectivity index (χ1) is 14.3. The molecule has 1 atom stereocenters. The van der Waals surface area contributed by atoms with Gasteiger partial charge in [-0.15, -0.1) is 5.10 Å². The second kappa shape index (κ2) is 7.81. The quantitative estimate of drug-likeness (QED) is 0.603. The van der Waals surface area contributed by atoms with E-state index in [0.29, 0.717) is 12.1 Å². The summed E-state index contributed by atoms with van der Waals surface area (Å²) >= 11 is 0. The monoisotopic (exact) mass is 427 g/mol. The highest BCUT2D eigenvalue weighted by atomic mass is 32.2. The number of sulfonamides is 1. The van der Waals surface area contributed by atoms with Gasteiger partial charge in [-0.25, -0.2) is 13.1 Å². The van der Waals surface area contributed by atoms with E-state index in [-0.39, 0.29) is 23.4 Å². The molecule has 30 heavy (non-hydrogen) atoms. The number of para-hydroxylation sites is 1. The number of aromatic nitrogens is 3. The SMILES string of the molecule is CCC(C)n1nnc2cc(S(=O)(=O)N(C)CC(=O)N3CCc4ccccc43)ccc21. The first-order valence-electron chi connectivity index (χ1n) is 10.0. The van der Waals surface area contributed by atoms with Gasteiger partial charge in [-0.3, -0.25) is 4.79 Å². The summed E-state index contributed by atoms with van der Waals surface area (Å²) in [6, 6.07) is 12.7. The number of hydrogen-bond acceptors (Lipinski definition) is 5. The summed E-state index contributed by atoms with van der Waals surface area (Å²) in [7, 11) is -2.41. The molecule has 2 aromatic carbocycles. The molecule has 1 aromatic heterocycles. The summed E-state index contributed by atoms with van der Waals surface area (Å²) in [6.07, 6.45) is 1.67. The number of anilines is 1. The molecule has 9 heteroatoms. The Balaban J connectivity index is 1.55. The molecule has 2 heterocycles. The second-order valence-electron chi connectivity index (χ2n) is 7.63. The number of carbonyl (C=O) groups excluding carboxylic acids is 1. The van der Waals surface area contributed by atoms with Crippen molar-refractivity contribution in [2.45, 2.75) is 37.6 Å². The van der Waals surface area contributed by atoms with Gasteiger partial charge in [0, 0.05) is 19.3 Å². The van der Waals surface area contributed by atoms with Crippen molar-refractivity contribution >= 4 is 32.7 Å². The van der Waals surface area contributed by atoms with Crippen LogP contribution in [0.25, 0.3) is 11.0 Å². The van der Waals surface area contributed by atoms with Crippen molar-refractivity contribution in [2.24, 2.45) is 0 Å². The van der Waals surface area contributed by atoms with Crippen LogP contribution in [0.1, 0.15) is 31.9 Å². The molecule has 0 radical (unpaired) electrons. The lowest BCUT2D eigenvalue weighted by Gasteiger charge is -2.22. The molecule has 4 rings (SSSR count). The van der Waals surface area contributed by atoms with Crippen molar-refractivity contribution in [1.29, 1.82) is 0 Å². The summed E-state index contributed by atoms with van der Waals surface area (Å²) in [5.74, 6) is -0.241. The maximum atomic E-state index is 13.1. The maximum absolute atomic E-state index is 13.1. The van der Waals surface area contributed by atoms with Gasteiger partial charge in [-0.05, 0) is 49.6 Å². The third-order valence-corrected chi connectivity index (χ3v) is 7.50. The van der Waals surface area contributed by atoms with E-state index in [2.05, 4.69) is 17.2 Å². The van der Waals surface area contributed by atoms with Crippen molar-refractivity contribution in [2.75, 3.05) is 25.0 Å². The van der Waals surface area contributed by atoms with Gasteiger partial charge in [0.1, 0.15) is 5.52 Å². The Morgan fingerprint density at radius 2 is 2.00 bits per heavy atom. The predicted octanol–water partition coefficient (Wildman–Crippen LogP) is 2.61. The minimum Gasteiger partial charge on any atom is -0.311 e. The minimum atomic E-state index is -3.84. The minimum absolute atomic E-state index is 0.100. The highest BCUT2D eigenvalue weighted by molar-refractivity contribution is 7.89. The fraction of sp³-hybridized carbons (Fsp3) is 0.381. The van der Waals surface area contributed by atoms with Crippen molar-refractivity contribution in [3.8, 4) is 0 Å². The lowest BCUT2D eigenvalue weighted by Crippen LogP contribution is -2.40. The van der Waals surface area contributed by atoms with E-state index in [1.165, 1.54) is 13.1 Å². The Labute approximate surface area is 176 Å². The standard InChI is InChI=1S/C21H25N5O3S/c1-4-15(2)26-20-10-9-17(13-18(20)22-23-26)30(28,29)24(3)14-21(27)25-12-11-16-7-5-6-8-19(16)25/h5-10,13,15H,4,11-12,14H2,1-3H3. The van der Waals surface area contributed by atoms with Crippen LogP contribution in [0.5, 0.6) is 0 Å². The van der Waals surface area contributed by atoms with Gasteiger partial charge in [0.05, 0.1) is 23.0 Å². The van der Waals surface area contributed by atoms with Crippen LogP contribution in [-0.2, 0) is 21.2 Å². The van der Waals surface area contributed by atoms with Gasteiger partial charge < -0.3 is 4.90 Å². The molecule has 1 unspecified atom stereocenters. The van der Waals surface area contributed by atoms with E-state index in [9.17, 15) is 13.2 Å². The fourth-order valence-corrected chi connectivity index (χ4v) is 4.86. The summed E-state index contributed by atoms with van der Waals surface area (Å²) in [5.41, 5.74) is 3.27. The average Bonchev–Trinajstić information content (AvgIpc) is 3.36. The van der Waals surface area contributed by atoms with Crippen molar-refractivity contribution in [3.63, 3.8) is 0 Å². The van der Waals surface area contributed by atoms with Gasteiger partial charge in [0.2, 0.25) is 15.9 Å². The first kappa shape index (κ1) is 20.5. The van der Waals surface area contributed by atoms with E-state index in [4.69, 9.17) is 0 Å². The van der Waals surface area contributed by atoms with Crippen LogP contribution >= 0.6 is 0 Å². The number of likely N-dealkylation sites (N-methyl/N-ethyl adjacent to an activating group) is 1. The summed E-state index contributed by atoms with van der Waals surface area (Å²) in [4.78, 5) is 14.6. The van der Waals surface area contributed by atoms with Crippen LogP contribution in [0, 0.1) is 0 Å². The number of carbonyl (C=O) groups is 1. The Bertz CT molecular complexity index is 1200. The van der Waals surface area contributed by atoms with Gasteiger partial charge in [0.15, 0.2) is 0 Å². The third-order valence-electron chi connectivity index (χ3n) is 5.71. The first-order valence-corrected chi connectivity index (χ1v) is 11.5. The summed E-state index contributed by atoms with van der Waals surface area (Å²) in [6.45, 7) is 4.43. The van der Waals surface area contributed by atoms with Crippen LogP contribution in [0.4, 0.5) is 5.69 Å². The smallest absolute Gasteiger partial charge is 0.243 e. The molecule has 3 aromatic rings. The Morgan fingerprint density at radius 3 is 2.77 bits per heavy atom. The normalized spacial score (nSPS) is 15.0. The van der Waals surface area contributed by atoms with E-state index in [0.717, 1.165) is 33.9 Å². The lowest BCUT2D eigenvalue weighted by atomic mass is 10.2. The Kier molecular flexibility index (Phi) is 5.33. The van der Waals surface area contributed by atoms with E-state index in [1.807, 2.05) is 31.2 Å². The van der Waals surface area contributed by atoms with Crippen LogP contribution in [0.2, 0.25) is 0 Å². The molecule has 0 spiro atoms. The molecule has 0 fully saturated rings. The van der Waals surface area contributed by atoms with Crippen molar-refractivity contribution < 1.29 is 13.2 Å². The molecule has 158 valence electrons. The van der Waals surface area contributed by atoms with Crippen molar-refractivity contribution in [3.05, 3.63) is 48.0 Å². The molecule has 0 N–H and O–H groups in total. The van der Waals surface area contributed by atoms with Gasteiger partial charge in [-0.2, -0.15) is 4.31 Å². The molecule has 1 aliphatic heterocycles. The molecule has 0 saturated carbocycles. The average molecular weight is 428 g/mol. The fourth-order valence-electron chi connectivity index (χ4n) is 3.72. The molecular weight excluding hydrogens is 402 g/mol. The molecule has 0 aliphatic carbocycles. The largest absolute Gasteiger partial charge is 0.311 e. The maximum Gasteiger partial charge on any atom is 0.243 e. The molecular formula is C21H25N5O3S. The number of fused-ring (bicyclic) bond motifs is 2. The van der Waals surface area contributed by atoms with Crippen LogP contribution in [0.3, 0.4) is 0 Å². The molecule has 1 aliphatic rings. The molecule has 0 bridgehead atoms. The van der Waals surface area contributed by atoms with Crippen LogP contribution < -0.4 is 4.90 Å². The number of amides is 1. The second-order valence-corrected chi connectivity index (χ2v) is 9.67. The summed E-state index contributed by atoms with van der Waals surface area (Å²) in [5, 5.41) is 8.28.